The lowest BCUT2D eigenvalue weighted by Gasteiger charge is -2.26. The summed E-state index contributed by atoms with van der Waals surface area (Å²) in [5, 5.41) is 7.01. The maximum Gasteiger partial charge on any atom is 0.103 e. The van der Waals surface area contributed by atoms with Crippen molar-refractivity contribution < 1.29 is 0 Å². The van der Waals surface area contributed by atoms with Gasteiger partial charge in [0.25, 0.3) is 0 Å². The molecule has 3 rings (SSSR count). The van der Waals surface area contributed by atoms with E-state index in [0.29, 0.717) is 0 Å². The van der Waals surface area contributed by atoms with Crippen molar-refractivity contribution in [1.82, 2.24) is 5.32 Å². The van der Waals surface area contributed by atoms with Crippen molar-refractivity contribution in [3.63, 3.8) is 0 Å². The summed E-state index contributed by atoms with van der Waals surface area (Å²) in [6.45, 7) is 10.3. The fourth-order valence-electron chi connectivity index (χ4n) is 6.71. The molecule has 0 amide bonds. The fraction of sp³-hybridized carbons (Fsp3) is 0.590. The minimum absolute atomic E-state index is 0.0882. The Morgan fingerprint density at radius 1 is 0.537 bits per heavy atom. The molecule has 0 bridgehead atoms. The van der Waals surface area contributed by atoms with Crippen LogP contribution in [-0.2, 0) is 0 Å². The summed E-state index contributed by atoms with van der Waals surface area (Å²) in [5.41, 5.74) is 4.50. The normalized spacial score (nSPS) is 17.0. The molecule has 0 saturated heterocycles. The van der Waals surface area contributed by atoms with E-state index in [1.54, 1.807) is 10.4 Å². The summed E-state index contributed by atoms with van der Waals surface area (Å²) in [6.07, 6.45) is 25.2. The van der Waals surface area contributed by atoms with Gasteiger partial charge in [-0.1, -0.05) is 185 Å². The first-order valence-electron chi connectivity index (χ1n) is 17.2. The van der Waals surface area contributed by atoms with E-state index in [1.807, 2.05) is 0 Å². The monoisotopic (exact) mass is 571 g/mol. The molecule has 0 aromatic heterocycles. The van der Waals surface area contributed by atoms with Gasteiger partial charge in [0.15, 0.2) is 0 Å². The summed E-state index contributed by atoms with van der Waals surface area (Å²) in [5.74, 6) is 0. The lowest BCUT2D eigenvalue weighted by Crippen LogP contribution is -2.41. The largest absolute Gasteiger partial charge is 0.305 e. The smallest absolute Gasteiger partial charge is 0.103 e. The van der Waals surface area contributed by atoms with Crippen LogP contribution in [0.25, 0.3) is 0 Å². The first-order chi connectivity index (χ1) is 20.0. The summed E-state index contributed by atoms with van der Waals surface area (Å²) < 4.78 is 0. The molecule has 41 heavy (non-hydrogen) atoms. The number of unbranched alkanes of at least 4 members (excludes halogenated alkanes) is 15. The van der Waals surface area contributed by atoms with Gasteiger partial charge in [0.1, 0.15) is 8.80 Å². The Hall–Kier alpha value is -1.90. The Morgan fingerprint density at radius 3 is 1.32 bits per heavy atom. The van der Waals surface area contributed by atoms with Gasteiger partial charge in [0, 0.05) is 0 Å². The second kappa shape index (κ2) is 19.3. The van der Waals surface area contributed by atoms with Gasteiger partial charge in [-0.2, -0.15) is 0 Å². The van der Waals surface area contributed by atoms with Crippen molar-refractivity contribution in [3.05, 3.63) is 83.5 Å². The van der Waals surface area contributed by atoms with Gasteiger partial charge in [0.2, 0.25) is 0 Å². The molecule has 1 aliphatic carbocycles. The number of hydrogen-bond acceptors (Lipinski definition) is 1. The average Bonchev–Trinajstić information content (AvgIpc) is 3.19. The summed E-state index contributed by atoms with van der Waals surface area (Å²) in [7, 11) is -1.06. The van der Waals surface area contributed by atoms with Gasteiger partial charge in [-0.3, -0.25) is 0 Å². The highest BCUT2D eigenvalue weighted by Crippen LogP contribution is 2.33. The molecule has 0 aliphatic heterocycles. The van der Waals surface area contributed by atoms with Crippen LogP contribution in [0.3, 0.4) is 0 Å². The molecule has 0 fully saturated rings. The third kappa shape index (κ3) is 12.1. The quantitative estimate of drug-likeness (QED) is 0.109. The van der Waals surface area contributed by atoms with Crippen molar-refractivity contribution in [2.24, 2.45) is 0 Å². The summed E-state index contributed by atoms with van der Waals surface area (Å²) >= 11 is 0. The zero-order valence-corrected chi connectivity index (χ0v) is 28.3. The number of nitrogens with one attached hydrogen (secondary N) is 1. The van der Waals surface area contributed by atoms with E-state index in [9.17, 15) is 0 Å². The SMILES string of the molecule is CC1=CC(C)(NCCCCCCCCCCCCCCCCCC[SiH](c2ccccc2)c2ccccc2)C(C)=C1C. The number of rotatable bonds is 22. The Kier molecular flexibility index (Phi) is 15.8. The van der Waals surface area contributed by atoms with E-state index in [2.05, 4.69) is 99.8 Å². The van der Waals surface area contributed by atoms with Crippen molar-refractivity contribution >= 4 is 19.2 Å². The highest BCUT2D eigenvalue weighted by Gasteiger charge is 2.29. The lowest BCUT2D eigenvalue weighted by atomic mass is 9.95. The van der Waals surface area contributed by atoms with Crippen LogP contribution in [0.2, 0.25) is 6.04 Å². The number of benzene rings is 2. The van der Waals surface area contributed by atoms with Crippen LogP contribution in [0.5, 0.6) is 0 Å². The fourth-order valence-corrected chi connectivity index (χ4v) is 9.83. The Morgan fingerprint density at radius 2 is 0.927 bits per heavy atom. The van der Waals surface area contributed by atoms with Crippen LogP contribution in [0.4, 0.5) is 0 Å². The van der Waals surface area contributed by atoms with Crippen LogP contribution in [-0.4, -0.2) is 20.9 Å². The zero-order valence-electron chi connectivity index (χ0n) is 27.2. The Bertz CT molecular complexity index is 985. The highest BCUT2D eigenvalue weighted by molar-refractivity contribution is 6.85. The third-order valence-corrected chi connectivity index (χ3v) is 13.1. The van der Waals surface area contributed by atoms with Gasteiger partial charge in [-0.15, -0.1) is 0 Å². The van der Waals surface area contributed by atoms with Crippen LogP contribution >= 0.6 is 0 Å². The van der Waals surface area contributed by atoms with Gasteiger partial charge < -0.3 is 5.32 Å². The molecule has 0 heterocycles. The molecule has 1 unspecified atom stereocenters. The maximum absolute atomic E-state index is 3.80. The topological polar surface area (TPSA) is 12.0 Å². The van der Waals surface area contributed by atoms with E-state index in [4.69, 9.17) is 0 Å². The van der Waals surface area contributed by atoms with Gasteiger partial charge in [0.05, 0.1) is 5.54 Å². The molecular weight excluding hydrogens is 511 g/mol. The van der Waals surface area contributed by atoms with Gasteiger partial charge >= 0.3 is 0 Å². The predicted octanol–water partition coefficient (Wildman–Crippen LogP) is 9.91. The Labute approximate surface area is 255 Å². The standard InChI is InChI=1S/C39H61NSi/c1-34-33-39(4,36(3)35(34)2)40-31-25-17-15-13-11-9-7-5-6-8-10-12-14-16-18-26-32-41(37-27-21-19-22-28-37)38-29-23-20-24-30-38/h19-24,27-30,33,40-41H,5-18,25-26,31-32H2,1-4H3. The van der Waals surface area contributed by atoms with Crippen molar-refractivity contribution in [2.75, 3.05) is 6.54 Å². The first kappa shape index (κ1) is 33.6. The van der Waals surface area contributed by atoms with Crippen LogP contribution in [0.15, 0.2) is 83.5 Å². The number of allylic oxidation sites excluding steroid dienone is 2. The molecule has 1 N–H and O–H groups in total. The van der Waals surface area contributed by atoms with E-state index >= 15 is 0 Å². The van der Waals surface area contributed by atoms with Gasteiger partial charge in [-0.05, 0) is 51.8 Å². The molecule has 226 valence electrons. The lowest BCUT2D eigenvalue weighted by molar-refractivity contribution is 0.476. The second-order valence-corrected chi connectivity index (χ2v) is 16.0. The zero-order chi connectivity index (χ0) is 29.2. The molecule has 2 aromatic carbocycles. The van der Waals surface area contributed by atoms with E-state index in [0.717, 1.165) is 6.54 Å². The number of hydrogen-bond donors (Lipinski definition) is 1. The highest BCUT2D eigenvalue weighted by atomic mass is 28.3. The first-order valence-corrected chi connectivity index (χ1v) is 19.2. The molecule has 1 atom stereocenters. The third-order valence-electron chi connectivity index (χ3n) is 9.75. The molecule has 0 spiro atoms. The van der Waals surface area contributed by atoms with Crippen molar-refractivity contribution in [2.45, 2.75) is 142 Å². The molecule has 1 aliphatic rings. The summed E-state index contributed by atoms with van der Waals surface area (Å²) in [6, 6.07) is 24.0. The van der Waals surface area contributed by atoms with Crippen molar-refractivity contribution in [1.29, 1.82) is 0 Å². The van der Waals surface area contributed by atoms with Gasteiger partial charge in [-0.25, -0.2) is 0 Å². The Balaban J connectivity index is 1.08. The maximum atomic E-state index is 3.80. The molecule has 2 aromatic rings. The van der Waals surface area contributed by atoms with Crippen LogP contribution in [0.1, 0.15) is 130 Å². The minimum Gasteiger partial charge on any atom is -0.305 e. The molecule has 0 saturated carbocycles. The average molecular weight is 572 g/mol. The van der Waals surface area contributed by atoms with E-state index in [1.165, 1.54) is 125 Å². The summed E-state index contributed by atoms with van der Waals surface area (Å²) in [4.78, 5) is 0. The van der Waals surface area contributed by atoms with E-state index < -0.39 is 8.80 Å². The van der Waals surface area contributed by atoms with E-state index in [-0.39, 0.29) is 5.54 Å². The molecule has 2 heteroatoms. The predicted molar refractivity (Wildman–Crippen MR) is 187 cm³/mol. The molecule has 1 nitrogen and oxygen atoms in total. The molecular formula is C39H61NSi. The van der Waals surface area contributed by atoms with Crippen molar-refractivity contribution in [3.8, 4) is 0 Å². The van der Waals surface area contributed by atoms with Crippen LogP contribution < -0.4 is 15.7 Å². The second-order valence-electron chi connectivity index (χ2n) is 13.0. The van der Waals surface area contributed by atoms with Crippen LogP contribution in [0, 0.1) is 0 Å². The minimum atomic E-state index is -1.06. The molecule has 0 radical (unpaired) electrons.